The Hall–Kier alpha value is -4.29. The van der Waals surface area contributed by atoms with Crippen LogP contribution in [0, 0.1) is 6.92 Å². The van der Waals surface area contributed by atoms with Gasteiger partial charge in [-0.05, 0) is 60.5 Å². The number of fused-ring (bicyclic) bond motifs is 1. The van der Waals surface area contributed by atoms with E-state index in [1.165, 1.54) is 0 Å². The van der Waals surface area contributed by atoms with Crippen molar-refractivity contribution in [2.45, 2.75) is 13.5 Å². The minimum Gasteiger partial charge on any atom is -0.348 e. The maximum absolute atomic E-state index is 13.1. The highest BCUT2D eigenvalue weighted by molar-refractivity contribution is 6.31. The smallest absolute Gasteiger partial charge is 0.253 e. The van der Waals surface area contributed by atoms with E-state index in [2.05, 4.69) is 20.6 Å². The predicted octanol–water partition coefficient (Wildman–Crippen LogP) is 6.33. The van der Waals surface area contributed by atoms with Gasteiger partial charge in [-0.2, -0.15) is 0 Å². The Morgan fingerprint density at radius 2 is 1.77 bits per heavy atom. The molecule has 0 aliphatic heterocycles. The first kappa shape index (κ1) is 22.5. The molecular weight excluding hydrogens is 458 g/mol. The number of amides is 1. The van der Waals surface area contributed by atoms with Gasteiger partial charge in [-0.3, -0.25) is 9.78 Å². The topological polar surface area (TPSA) is 79.8 Å². The summed E-state index contributed by atoms with van der Waals surface area (Å²) >= 11 is 6.29. The van der Waals surface area contributed by atoms with Crippen molar-refractivity contribution >= 4 is 39.9 Å². The van der Waals surface area contributed by atoms with Crippen molar-refractivity contribution < 1.29 is 4.79 Å². The summed E-state index contributed by atoms with van der Waals surface area (Å²) in [6.45, 7) is 2.47. The van der Waals surface area contributed by atoms with Crippen LogP contribution >= 0.6 is 11.6 Å². The van der Waals surface area contributed by atoms with Gasteiger partial charge in [0, 0.05) is 34.9 Å². The third-order valence-electron chi connectivity index (χ3n) is 5.70. The fraction of sp³-hybridized carbons (Fsp3) is 0.0714. The van der Waals surface area contributed by atoms with Crippen LogP contribution in [0.5, 0.6) is 0 Å². The quantitative estimate of drug-likeness (QED) is 0.297. The summed E-state index contributed by atoms with van der Waals surface area (Å²) in [5.74, 6) is 0.896. The van der Waals surface area contributed by atoms with E-state index in [0.29, 0.717) is 34.5 Å². The SMILES string of the molecule is Cc1ccccc1CNC(=O)c1ccccc1Nc1nc(-c2cccnc2)nc2ccc(Cl)cc12. The molecule has 35 heavy (non-hydrogen) atoms. The number of nitrogens with zero attached hydrogens (tertiary/aromatic N) is 3. The van der Waals surface area contributed by atoms with Gasteiger partial charge in [-0.15, -0.1) is 0 Å². The standard InChI is InChI=1S/C28H22ClN5O/c1-18-7-2-3-8-19(18)17-31-28(35)22-10-4-5-11-24(22)33-27-23-15-21(29)12-13-25(23)32-26(34-27)20-9-6-14-30-16-20/h2-16H,17H2,1H3,(H,31,35)(H,32,33,34). The first-order chi connectivity index (χ1) is 17.1. The number of rotatable bonds is 6. The third-order valence-corrected chi connectivity index (χ3v) is 5.94. The van der Waals surface area contributed by atoms with E-state index < -0.39 is 0 Å². The number of nitrogens with one attached hydrogen (secondary N) is 2. The second-order valence-corrected chi connectivity index (χ2v) is 8.52. The highest BCUT2D eigenvalue weighted by Gasteiger charge is 2.15. The van der Waals surface area contributed by atoms with Gasteiger partial charge in [0.05, 0.1) is 16.8 Å². The molecule has 0 radical (unpaired) electrons. The largest absolute Gasteiger partial charge is 0.348 e. The van der Waals surface area contributed by atoms with Crippen molar-refractivity contribution in [3.05, 3.63) is 113 Å². The molecule has 0 fully saturated rings. The number of anilines is 2. The lowest BCUT2D eigenvalue weighted by atomic mass is 10.1. The maximum atomic E-state index is 13.1. The third kappa shape index (κ3) is 4.98. The van der Waals surface area contributed by atoms with Crippen LogP contribution in [-0.4, -0.2) is 20.9 Å². The molecule has 5 aromatic rings. The molecule has 2 heterocycles. The van der Waals surface area contributed by atoms with E-state index in [1.807, 2.05) is 73.7 Å². The molecule has 0 bridgehead atoms. The average Bonchev–Trinajstić information content (AvgIpc) is 2.89. The van der Waals surface area contributed by atoms with E-state index in [9.17, 15) is 4.79 Å². The van der Waals surface area contributed by atoms with Crippen LogP contribution < -0.4 is 10.6 Å². The van der Waals surface area contributed by atoms with Crippen LogP contribution in [0.1, 0.15) is 21.5 Å². The molecule has 0 spiro atoms. The normalized spacial score (nSPS) is 10.8. The number of pyridine rings is 1. The van der Waals surface area contributed by atoms with E-state index in [4.69, 9.17) is 16.6 Å². The molecule has 0 unspecified atom stereocenters. The molecular formula is C28H22ClN5O. The van der Waals surface area contributed by atoms with Gasteiger partial charge in [0.15, 0.2) is 5.82 Å². The van der Waals surface area contributed by atoms with Gasteiger partial charge < -0.3 is 10.6 Å². The lowest BCUT2D eigenvalue weighted by molar-refractivity contribution is 0.0951. The van der Waals surface area contributed by atoms with Gasteiger partial charge in [0.1, 0.15) is 5.82 Å². The molecule has 0 saturated heterocycles. The molecule has 7 heteroatoms. The van der Waals surface area contributed by atoms with Crippen LogP contribution in [0.3, 0.4) is 0 Å². The van der Waals surface area contributed by atoms with Crippen molar-refractivity contribution in [1.29, 1.82) is 0 Å². The molecule has 2 aromatic heterocycles. The Morgan fingerprint density at radius 3 is 2.60 bits per heavy atom. The van der Waals surface area contributed by atoms with Crippen LogP contribution in [0.4, 0.5) is 11.5 Å². The molecule has 1 amide bonds. The second kappa shape index (κ2) is 9.91. The van der Waals surface area contributed by atoms with Crippen LogP contribution in [0.15, 0.2) is 91.3 Å². The lowest BCUT2D eigenvalue weighted by Gasteiger charge is -2.15. The summed E-state index contributed by atoms with van der Waals surface area (Å²) in [6.07, 6.45) is 3.42. The molecule has 0 aliphatic rings. The Balaban J connectivity index is 1.50. The van der Waals surface area contributed by atoms with Crippen molar-refractivity contribution in [3.63, 3.8) is 0 Å². The molecule has 172 valence electrons. The highest BCUT2D eigenvalue weighted by Crippen LogP contribution is 2.30. The summed E-state index contributed by atoms with van der Waals surface area (Å²) in [5.41, 5.74) is 4.86. The van der Waals surface area contributed by atoms with E-state index >= 15 is 0 Å². The number of benzene rings is 3. The number of carbonyl (C=O) groups excluding carboxylic acids is 1. The Labute approximate surface area is 208 Å². The summed E-state index contributed by atoms with van der Waals surface area (Å²) in [4.78, 5) is 26.8. The Bertz CT molecular complexity index is 1520. The number of aromatic nitrogens is 3. The second-order valence-electron chi connectivity index (χ2n) is 8.08. The van der Waals surface area contributed by atoms with Crippen molar-refractivity contribution in [2.24, 2.45) is 0 Å². The van der Waals surface area contributed by atoms with E-state index in [1.54, 1.807) is 24.5 Å². The zero-order valence-corrected chi connectivity index (χ0v) is 19.8. The van der Waals surface area contributed by atoms with Gasteiger partial charge in [0.25, 0.3) is 5.91 Å². The summed E-state index contributed by atoms with van der Waals surface area (Å²) in [6, 6.07) is 24.5. The lowest BCUT2D eigenvalue weighted by Crippen LogP contribution is -2.24. The number of halogens is 1. The first-order valence-electron chi connectivity index (χ1n) is 11.1. The molecule has 6 nitrogen and oxygen atoms in total. The number of para-hydroxylation sites is 1. The van der Waals surface area contributed by atoms with Gasteiger partial charge >= 0.3 is 0 Å². The predicted molar refractivity (Wildman–Crippen MR) is 140 cm³/mol. The molecule has 5 rings (SSSR count). The molecule has 2 N–H and O–H groups in total. The first-order valence-corrected chi connectivity index (χ1v) is 11.5. The van der Waals surface area contributed by atoms with Crippen LogP contribution in [0.2, 0.25) is 5.02 Å². The fourth-order valence-corrected chi connectivity index (χ4v) is 3.99. The number of hydrogen-bond donors (Lipinski definition) is 2. The fourth-order valence-electron chi connectivity index (χ4n) is 3.82. The number of aryl methyl sites for hydroxylation is 1. The van der Waals surface area contributed by atoms with Gasteiger partial charge in [-0.1, -0.05) is 48.0 Å². The van der Waals surface area contributed by atoms with Crippen molar-refractivity contribution in [3.8, 4) is 11.4 Å². The number of carbonyl (C=O) groups is 1. The van der Waals surface area contributed by atoms with E-state index in [0.717, 1.165) is 27.6 Å². The summed E-state index contributed by atoms with van der Waals surface area (Å²) in [7, 11) is 0. The zero-order valence-electron chi connectivity index (χ0n) is 19.0. The molecule has 0 atom stereocenters. The summed E-state index contributed by atoms with van der Waals surface area (Å²) in [5, 5.41) is 7.70. The van der Waals surface area contributed by atoms with Gasteiger partial charge in [-0.25, -0.2) is 9.97 Å². The van der Waals surface area contributed by atoms with Crippen LogP contribution in [0.25, 0.3) is 22.3 Å². The van der Waals surface area contributed by atoms with Crippen molar-refractivity contribution in [1.82, 2.24) is 20.3 Å². The molecule has 0 saturated carbocycles. The molecule has 3 aromatic carbocycles. The number of hydrogen-bond acceptors (Lipinski definition) is 5. The minimum atomic E-state index is -0.180. The zero-order chi connectivity index (χ0) is 24.2. The molecule has 0 aliphatic carbocycles. The monoisotopic (exact) mass is 479 g/mol. The van der Waals surface area contributed by atoms with Crippen LogP contribution in [-0.2, 0) is 6.54 Å². The average molecular weight is 480 g/mol. The van der Waals surface area contributed by atoms with E-state index in [-0.39, 0.29) is 5.91 Å². The van der Waals surface area contributed by atoms with Gasteiger partial charge in [0.2, 0.25) is 0 Å². The highest BCUT2D eigenvalue weighted by atomic mass is 35.5. The maximum Gasteiger partial charge on any atom is 0.253 e. The Morgan fingerprint density at radius 1 is 0.943 bits per heavy atom. The van der Waals surface area contributed by atoms with Crippen molar-refractivity contribution in [2.75, 3.05) is 5.32 Å². The Kier molecular flexibility index (Phi) is 6.37. The minimum absolute atomic E-state index is 0.180. The summed E-state index contributed by atoms with van der Waals surface area (Å²) < 4.78 is 0.